The van der Waals surface area contributed by atoms with Crippen molar-refractivity contribution in [2.45, 2.75) is 25.7 Å². The van der Waals surface area contributed by atoms with Crippen LogP contribution >= 0.6 is 0 Å². The van der Waals surface area contributed by atoms with Gasteiger partial charge in [-0.25, -0.2) is 4.98 Å². The van der Waals surface area contributed by atoms with E-state index in [9.17, 15) is 4.79 Å². The van der Waals surface area contributed by atoms with Crippen LogP contribution in [0.5, 0.6) is 0 Å². The molecule has 5 heteroatoms. The van der Waals surface area contributed by atoms with E-state index >= 15 is 0 Å². The highest BCUT2D eigenvalue weighted by atomic mass is 16.2. The zero-order valence-electron chi connectivity index (χ0n) is 16.7. The number of imidazole rings is 1. The molecule has 0 aliphatic carbocycles. The molecule has 0 saturated carbocycles. The number of nitrogens with one attached hydrogen (secondary N) is 2. The number of likely N-dealkylation sites (tertiary alicyclic amines) is 1. The number of benzene rings is 2. The fraction of sp³-hybridized carbons (Fsp3) is 0.417. The first-order valence-electron chi connectivity index (χ1n) is 10.8. The Morgan fingerprint density at radius 1 is 0.897 bits per heavy atom. The predicted octanol–water partition coefficient (Wildman–Crippen LogP) is 4.08. The summed E-state index contributed by atoms with van der Waals surface area (Å²) in [5.74, 6) is 2.63. The lowest BCUT2D eigenvalue weighted by Crippen LogP contribution is -2.42. The van der Waals surface area contributed by atoms with Crippen LogP contribution in [0.15, 0.2) is 48.5 Å². The molecule has 5 rings (SSSR count). The molecule has 2 fully saturated rings. The Balaban J connectivity index is 1.23. The summed E-state index contributed by atoms with van der Waals surface area (Å²) in [5, 5.41) is 3.45. The lowest BCUT2D eigenvalue weighted by Gasteiger charge is -2.37. The van der Waals surface area contributed by atoms with Crippen molar-refractivity contribution in [3.8, 4) is 11.4 Å². The molecule has 0 spiro atoms. The van der Waals surface area contributed by atoms with Gasteiger partial charge in [-0.15, -0.1) is 0 Å². The maximum atomic E-state index is 13.0. The van der Waals surface area contributed by atoms with Gasteiger partial charge in [0.15, 0.2) is 0 Å². The van der Waals surface area contributed by atoms with Gasteiger partial charge in [0.2, 0.25) is 0 Å². The first-order valence-corrected chi connectivity index (χ1v) is 10.8. The molecule has 2 saturated heterocycles. The highest BCUT2D eigenvalue weighted by Crippen LogP contribution is 2.31. The van der Waals surface area contributed by atoms with E-state index in [0.717, 1.165) is 78.8 Å². The van der Waals surface area contributed by atoms with Crippen molar-refractivity contribution in [1.29, 1.82) is 0 Å². The second kappa shape index (κ2) is 7.99. The van der Waals surface area contributed by atoms with Crippen LogP contribution in [0.25, 0.3) is 22.4 Å². The molecular weight excluding hydrogens is 360 g/mol. The Morgan fingerprint density at radius 3 is 2.31 bits per heavy atom. The molecule has 3 heterocycles. The smallest absolute Gasteiger partial charge is 0.253 e. The Hall–Kier alpha value is -2.66. The first kappa shape index (κ1) is 18.4. The maximum Gasteiger partial charge on any atom is 0.253 e. The van der Waals surface area contributed by atoms with Gasteiger partial charge in [-0.3, -0.25) is 4.79 Å². The van der Waals surface area contributed by atoms with Crippen LogP contribution in [-0.4, -0.2) is 47.0 Å². The van der Waals surface area contributed by atoms with Gasteiger partial charge in [0.25, 0.3) is 5.91 Å². The Bertz CT molecular complexity index is 947. The van der Waals surface area contributed by atoms with Crippen LogP contribution in [0.4, 0.5) is 0 Å². The summed E-state index contributed by atoms with van der Waals surface area (Å²) in [6.45, 7) is 4.08. The molecule has 29 heavy (non-hydrogen) atoms. The third-order valence-electron chi connectivity index (χ3n) is 6.67. The van der Waals surface area contributed by atoms with E-state index in [-0.39, 0.29) is 5.91 Å². The molecule has 0 unspecified atom stereocenters. The van der Waals surface area contributed by atoms with Gasteiger partial charge in [-0.05, 0) is 74.9 Å². The molecule has 150 valence electrons. The average Bonchev–Trinajstić information content (AvgIpc) is 3.24. The van der Waals surface area contributed by atoms with E-state index in [1.54, 1.807) is 0 Å². The van der Waals surface area contributed by atoms with Crippen LogP contribution in [0.2, 0.25) is 0 Å². The quantitative estimate of drug-likeness (QED) is 0.711. The van der Waals surface area contributed by atoms with Crippen LogP contribution in [0, 0.1) is 11.8 Å². The number of carbonyl (C=O) groups is 1. The van der Waals surface area contributed by atoms with E-state index < -0.39 is 0 Å². The van der Waals surface area contributed by atoms with Crippen molar-refractivity contribution in [2.24, 2.45) is 11.8 Å². The second-order valence-corrected chi connectivity index (χ2v) is 8.40. The third-order valence-corrected chi connectivity index (χ3v) is 6.67. The van der Waals surface area contributed by atoms with Gasteiger partial charge < -0.3 is 15.2 Å². The number of rotatable bonds is 3. The van der Waals surface area contributed by atoms with Crippen molar-refractivity contribution >= 4 is 16.9 Å². The number of fused-ring (bicyclic) bond motifs is 1. The highest BCUT2D eigenvalue weighted by molar-refractivity contribution is 5.94. The minimum atomic E-state index is 0.157. The van der Waals surface area contributed by atoms with Crippen molar-refractivity contribution in [2.75, 3.05) is 26.2 Å². The molecule has 0 bridgehead atoms. The fourth-order valence-electron chi connectivity index (χ4n) is 4.93. The van der Waals surface area contributed by atoms with Gasteiger partial charge in [0, 0.05) is 24.2 Å². The van der Waals surface area contributed by atoms with E-state index in [4.69, 9.17) is 0 Å². The molecule has 2 aliphatic rings. The van der Waals surface area contributed by atoms with Crippen molar-refractivity contribution < 1.29 is 4.79 Å². The number of carbonyl (C=O) groups excluding carboxylic acids is 1. The number of hydrogen-bond acceptors (Lipinski definition) is 3. The number of aromatic amines is 1. The number of nitrogens with zero attached hydrogens (tertiary/aromatic N) is 2. The van der Waals surface area contributed by atoms with E-state index in [2.05, 4.69) is 15.3 Å². The number of amides is 1. The number of hydrogen-bond donors (Lipinski definition) is 2. The van der Waals surface area contributed by atoms with Crippen molar-refractivity contribution in [3.63, 3.8) is 0 Å². The molecule has 2 aliphatic heterocycles. The minimum absolute atomic E-state index is 0.157. The summed E-state index contributed by atoms with van der Waals surface area (Å²) < 4.78 is 0. The zero-order valence-corrected chi connectivity index (χ0v) is 16.7. The molecule has 0 atom stereocenters. The molecule has 2 N–H and O–H groups in total. The topological polar surface area (TPSA) is 61.0 Å². The SMILES string of the molecule is O=C(c1ccc(-c2nc3ccccc3[nH]2)cc1)N1CCC(C2CCNCC2)CC1. The molecule has 3 aromatic rings. The molecule has 1 amide bonds. The summed E-state index contributed by atoms with van der Waals surface area (Å²) in [7, 11) is 0. The predicted molar refractivity (Wildman–Crippen MR) is 116 cm³/mol. The lowest BCUT2D eigenvalue weighted by atomic mass is 9.79. The summed E-state index contributed by atoms with van der Waals surface area (Å²) in [5.41, 5.74) is 3.76. The van der Waals surface area contributed by atoms with Gasteiger partial charge in [-0.1, -0.05) is 24.3 Å². The molecule has 5 nitrogen and oxygen atoms in total. The fourth-order valence-corrected chi connectivity index (χ4v) is 4.93. The molecular formula is C24H28N4O. The van der Waals surface area contributed by atoms with E-state index in [0.29, 0.717) is 0 Å². The van der Waals surface area contributed by atoms with Gasteiger partial charge in [0.05, 0.1) is 11.0 Å². The number of aromatic nitrogens is 2. The number of piperidine rings is 2. The minimum Gasteiger partial charge on any atom is -0.339 e. The van der Waals surface area contributed by atoms with E-state index in [1.807, 2.05) is 53.4 Å². The summed E-state index contributed by atoms with van der Waals surface area (Å²) >= 11 is 0. The monoisotopic (exact) mass is 388 g/mol. The second-order valence-electron chi connectivity index (χ2n) is 8.40. The number of para-hydroxylation sites is 2. The summed E-state index contributed by atoms with van der Waals surface area (Å²) in [6.07, 6.45) is 4.88. The van der Waals surface area contributed by atoms with Crippen LogP contribution in [0.3, 0.4) is 0 Å². The lowest BCUT2D eigenvalue weighted by molar-refractivity contribution is 0.0642. The number of H-pyrrole nitrogens is 1. The van der Waals surface area contributed by atoms with Gasteiger partial charge in [-0.2, -0.15) is 0 Å². The van der Waals surface area contributed by atoms with Crippen LogP contribution in [-0.2, 0) is 0 Å². The highest BCUT2D eigenvalue weighted by Gasteiger charge is 2.29. The standard InChI is InChI=1S/C24H28N4O/c29-24(28-15-11-18(12-16-28)17-9-13-25-14-10-17)20-7-5-19(6-8-20)23-26-21-3-1-2-4-22(21)27-23/h1-8,17-18,25H,9-16H2,(H,26,27). The zero-order chi connectivity index (χ0) is 19.6. The third kappa shape index (κ3) is 3.79. The Labute approximate surface area is 171 Å². The van der Waals surface area contributed by atoms with E-state index in [1.165, 1.54) is 12.8 Å². The molecule has 0 radical (unpaired) electrons. The van der Waals surface area contributed by atoms with Crippen LogP contribution < -0.4 is 5.32 Å². The first-order chi connectivity index (χ1) is 14.3. The average molecular weight is 389 g/mol. The van der Waals surface area contributed by atoms with Crippen molar-refractivity contribution in [1.82, 2.24) is 20.2 Å². The Morgan fingerprint density at radius 2 is 1.59 bits per heavy atom. The van der Waals surface area contributed by atoms with Gasteiger partial charge in [0.1, 0.15) is 5.82 Å². The Kier molecular flexibility index (Phi) is 5.06. The summed E-state index contributed by atoms with van der Waals surface area (Å²) in [4.78, 5) is 23.0. The van der Waals surface area contributed by atoms with Crippen LogP contribution in [0.1, 0.15) is 36.0 Å². The largest absolute Gasteiger partial charge is 0.339 e. The van der Waals surface area contributed by atoms with Gasteiger partial charge >= 0.3 is 0 Å². The summed E-state index contributed by atoms with van der Waals surface area (Å²) in [6, 6.07) is 15.9. The normalized spacial score (nSPS) is 19.0. The molecule has 1 aromatic heterocycles. The maximum absolute atomic E-state index is 13.0. The van der Waals surface area contributed by atoms with Crippen molar-refractivity contribution in [3.05, 3.63) is 54.1 Å². The molecule has 2 aromatic carbocycles.